The number of rotatable bonds is 9. The van der Waals surface area contributed by atoms with Crippen molar-refractivity contribution in [3.8, 4) is 100 Å². The molecule has 492 valence electrons. The van der Waals surface area contributed by atoms with E-state index in [1.165, 1.54) is 208 Å². The maximum atomic E-state index is 2.39. The molecule has 0 nitrogen and oxygen atoms in total. The summed E-state index contributed by atoms with van der Waals surface area (Å²) in [5, 5.41) is 25.3. The maximum Gasteiger partial charge on any atom is -0.00262 e. The zero-order valence-corrected chi connectivity index (χ0v) is 58.3. The van der Waals surface area contributed by atoms with Gasteiger partial charge < -0.3 is 0 Å². The molecule has 0 saturated carbocycles. The monoisotopic (exact) mass is 1340 g/mol. The quantitative estimate of drug-likeness (QED) is 0.0998. The average molecular weight is 1340 g/mol. The van der Waals surface area contributed by atoms with Gasteiger partial charge in [0.15, 0.2) is 0 Å². The van der Waals surface area contributed by atoms with Gasteiger partial charge in [0.1, 0.15) is 0 Å². The van der Waals surface area contributed by atoms with E-state index < -0.39 is 0 Å². The van der Waals surface area contributed by atoms with Gasteiger partial charge in [-0.3, -0.25) is 0 Å². The van der Waals surface area contributed by atoms with Crippen molar-refractivity contribution in [2.45, 2.75) is 0 Å². The molecule has 0 atom stereocenters. The van der Waals surface area contributed by atoms with Crippen LogP contribution in [-0.2, 0) is 0 Å². The Labute approximate surface area is 616 Å². The molecule has 0 aliphatic rings. The first-order chi connectivity index (χ1) is 52.5. The van der Waals surface area contributed by atoms with Gasteiger partial charge in [-0.05, 0) is 244 Å². The molecule has 0 heteroatoms. The van der Waals surface area contributed by atoms with Crippen LogP contribution in [0.5, 0.6) is 0 Å². The summed E-state index contributed by atoms with van der Waals surface area (Å²) in [5.74, 6) is 0. The van der Waals surface area contributed by atoms with E-state index in [1.807, 2.05) is 0 Å². The van der Waals surface area contributed by atoms with E-state index in [0.717, 1.165) is 0 Å². The van der Waals surface area contributed by atoms with E-state index in [9.17, 15) is 0 Å². The Morgan fingerprint density at radius 1 is 0.0943 bits per heavy atom. The van der Waals surface area contributed by atoms with Crippen molar-refractivity contribution in [3.63, 3.8) is 0 Å². The first kappa shape index (κ1) is 62.0. The molecule has 21 rings (SSSR count). The van der Waals surface area contributed by atoms with Gasteiger partial charge in [0, 0.05) is 0 Å². The number of hydrogen-bond donors (Lipinski definition) is 0. The minimum Gasteiger partial charge on any atom is -0.0622 e. The standard InChI is InChI=1S/C60H38.C46H30/c1-3-15-49-41(12-1)14-11-23-50(49)42-30-32-44(33-31-42)59-54-19-7-9-21-56(54)60(57-22-10-8-20-55(57)59)47-35-27-40-26-34-45(36-48(40)37-47)39-24-28-43(29-25-39)58-38-46-13-2-4-16-51(46)52-17-5-6-18-53(52)58;1-2-10-31(11-3-1)38-26-21-34-22-27-39(30-40(34)29-38)46-43-16-8-6-14-41(43)45(42-15-7-9-17-44(42)46)35-23-18-33(19-24-35)37-25-20-32-12-4-5-13-36(32)28-37/h1-38H;1-30H. The van der Waals surface area contributed by atoms with E-state index in [-0.39, 0.29) is 0 Å². The smallest absolute Gasteiger partial charge is 0.00262 e. The van der Waals surface area contributed by atoms with Crippen LogP contribution in [0.4, 0.5) is 0 Å². The Balaban J connectivity index is 0.000000145. The van der Waals surface area contributed by atoms with Crippen LogP contribution in [0.3, 0.4) is 0 Å². The largest absolute Gasteiger partial charge is 0.0622 e. The van der Waals surface area contributed by atoms with Crippen LogP contribution in [0.25, 0.3) is 208 Å². The molecule has 0 amide bonds. The van der Waals surface area contributed by atoms with Crippen molar-refractivity contribution >= 4 is 108 Å². The lowest BCUT2D eigenvalue weighted by Gasteiger charge is -2.18. The molecule has 106 heavy (non-hydrogen) atoms. The van der Waals surface area contributed by atoms with E-state index in [2.05, 4.69) is 413 Å². The molecule has 0 fully saturated rings. The van der Waals surface area contributed by atoms with E-state index in [1.54, 1.807) is 0 Å². The Bertz CT molecular complexity index is 6900. The van der Waals surface area contributed by atoms with Gasteiger partial charge in [0.25, 0.3) is 0 Å². The minimum absolute atomic E-state index is 1.21. The molecular formula is C106H68. The normalized spacial score (nSPS) is 11.6. The van der Waals surface area contributed by atoms with Crippen molar-refractivity contribution in [2.75, 3.05) is 0 Å². The van der Waals surface area contributed by atoms with Crippen LogP contribution in [-0.4, -0.2) is 0 Å². The summed E-state index contributed by atoms with van der Waals surface area (Å²) >= 11 is 0. The third-order valence-electron chi connectivity index (χ3n) is 22.1. The second-order valence-electron chi connectivity index (χ2n) is 28.1. The lowest BCUT2D eigenvalue weighted by Crippen LogP contribution is -1.91. The molecule has 0 bridgehead atoms. The molecule has 21 aromatic carbocycles. The molecular weight excluding hydrogens is 1270 g/mol. The third kappa shape index (κ3) is 11.0. The van der Waals surface area contributed by atoms with Crippen LogP contribution < -0.4 is 0 Å². The van der Waals surface area contributed by atoms with E-state index >= 15 is 0 Å². The summed E-state index contributed by atoms with van der Waals surface area (Å²) in [6.45, 7) is 0. The predicted molar refractivity (Wildman–Crippen MR) is 457 cm³/mol. The summed E-state index contributed by atoms with van der Waals surface area (Å²) in [7, 11) is 0. The number of fused-ring (bicyclic) bond motifs is 11. The lowest BCUT2D eigenvalue weighted by molar-refractivity contribution is 1.62. The molecule has 0 aliphatic heterocycles. The van der Waals surface area contributed by atoms with Gasteiger partial charge in [-0.15, -0.1) is 0 Å². The first-order valence-electron chi connectivity index (χ1n) is 36.8. The second kappa shape index (κ2) is 26.2. The average Bonchev–Trinajstić information content (AvgIpc) is 0.738. The lowest BCUT2D eigenvalue weighted by atomic mass is 9.85. The number of benzene rings is 21. The fraction of sp³-hybridized carbons (Fsp3) is 0. The predicted octanol–water partition coefficient (Wildman–Crippen LogP) is 29.9. The highest BCUT2D eigenvalue weighted by Crippen LogP contribution is 2.48. The summed E-state index contributed by atoms with van der Waals surface area (Å²) < 4.78 is 0. The molecule has 0 saturated heterocycles. The fourth-order valence-corrected chi connectivity index (χ4v) is 16.9. The molecule has 0 aliphatic carbocycles. The molecule has 0 heterocycles. The van der Waals surface area contributed by atoms with E-state index in [4.69, 9.17) is 0 Å². The molecule has 0 N–H and O–H groups in total. The van der Waals surface area contributed by atoms with Gasteiger partial charge in [0.05, 0.1) is 0 Å². The molecule has 0 radical (unpaired) electrons. The highest BCUT2D eigenvalue weighted by Gasteiger charge is 2.21. The Morgan fingerprint density at radius 2 is 0.368 bits per heavy atom. The zero-order chi connectivity index (χ0) is 70.0. The Morgan fingerprint density at radius 3 is 0.830 bits per heavy atom. The SMILES string of the molecule is c1ccc(-c2ccc3ccc(-c4c5ccccc5c(-c5ccc(-c6ccc7ccccc7c6)cc5)c5ccccc45)cc3c2)cc1.c1ccc2c(-c3ccc(-c4c5ccccc5c(-c5ccc6ccc(-c7ccc(-c8cc9ccccc9c9ccccc89)cc7)cc6c5)c5ccccc45)cc3)cccc2c1. The summed E-state index contributed by atoms with van der Waals surface area (Å²) in [4.78, 5) is 0. The molecule has 0 spiro atoms. The minimum atomic E-state index is 1.21. The van der Waals surface area contributed by atoms with E-state index in [0.29, 0.717) is 0 Å². The van der Waals surface area contributed by atoms with Crippen molar-refractivity contribution in [2.24, 2.45) is 0 Å². The van der Waals surface area contributed by atoms with Crippen LogP contribution in [0.15, 0.2) is 413 Å². The third-order valence-corrected chi connectivity index (χ3v) is 22.1. The number of hydrogen-bond acceptors (Lipinski definition) is 0. The first-order valence-corrected chi connectivity index (χ1v) is 36.8. The van der Waals surface area contributed by atoms with Crippen molar-refractivity contribution in [3.05, 3.63) is 413 Å². The Kier molecular flexibility index (Phi) is 15.4. The summed E-state index contributed by atoms with van der Waals surface area (Å²) in [6, 6.07) is 152. The van der Waals surface area contributed by atoms with Gasteiger partial charge in [-0.25, -0.2) is 0 Å². The Hall–Kier alpha value is -13.8. The summed E-state index contributed by atoms with van der Waals surface area (Å²) in [5.41, 5.74) is 22.4. The van der Waals surface area contributed by atoms with Gasteiger partial charge in [-0.1, -0.05) is 376 Å². The molecule has 0 aromatic heterocycles. The fourth-order valence-electron chi connectivity index (χ4n) is 16.9. The van der Waals surface area contributed by atoms with Gasteiger partial charge >= 0.3 is 0 Å². The highest BCUT2D eigenvalue weighted by atomic mass is 14.2. The van der Waals surface area contributed by atoms with Crippen molar-refractivity contribution < 1.29 is 0 Å². The van der Waals surface area contributed by atoms with Crippen LogP contribution in [0.2, 0.25) is 0 Å². The van der Waals surface area contributed by atoms with Gasteiger partial charge in [0.2, 0.25) is 0 Å². The topological polar surface area (TPSA) is 0 Å². The molecule has 0 unspecified atom stereocenters. The highest BCUT2D eigenvalue weighted by molar-refractivity contribution is 6.24. The summed E-state index contributed by atoms with van der Waals surface area (Å²) in [6.07, 6.45) is 0. The molecule has 21 aromatic rings. The van der Waals surface area contributed by atoms with Gasteiger partial charge in [-0.2, -0.15) is 0 Å². The maximum absolute atomic E-state index is 2.39. The van der Waals surface area contributed by atoms with Crippen molar-refractivity contribution in [1.82, 2.24) is 0 Å². The van der Waals surface area contributed by atoms with Crippen LogP contribution >= 0.6 is 0 Å². The van der Waals surface area contributed by atoms with Crippen LogP contribution in [0.1, 0.15) is 0 Å². The second-order valence-corrected chi connectivity index (χ2v) is 28.1. The van der Waals surface area contributed by atoms with Crippen LogP contribution in [0, 0.1) is 0 Å². The van der Waals surface area contributed by atoms with Crippen molar-refractivity contribution in [1.29, 1.82) is 0 Å². The zero-order valence-electron chi connectivity index (χ0n) is 58.3.